The lowest BCUT2D eigenvalue weighted by Gasteiger charge is -2.20. The van der Waals surface area contributed by atoms with Gasteiger partial charge in [-0.15, -0.1) is 5.10 Å². The van der Waals surface area contributed by atoms with E-state index >= 15 is 0 Å². The largest absolute Gasteiger partial charge is 0.480 e. The smallest absolute Gasteiger partial charge is 0.320 e. The SMILES string of the molecule is CCCC(NC(C)c1cccc(-n2cnnn2)c1)C(=O)O. The number of nitrogens with one attached hydrogen (secondary N) is 1. The zero-order valence-corrected chi connectivity index (χ0v) is 12.1. The Labute approximate surface area is 123 Å². The third-order valence-electron chi connectivity index (χ3n) is 3.31. The van der Waals surface area contributed by atoms with Gasteiger partial charge in [0.15, 0.2) is 0 Å². The lowest BCUT2D eigenvalue weighted by atomic mass is 10.0. The number of hydrogen-bond acceptors (Lipinski definition) is 5. The molecule has 0 fully saturated rings. The molecule has 0 aliphatic rings. The molecule has 1 aromatic carbocycles. The van der Waals surface area contributed by atoms with Crippen LogP contribution in [-0.2, 0) is 4.79 Å². The van der Waals surface area contributed by atoms with E-state index < -0.39 is 12.0 Å². The monoisotopic (exact) mass is 289 g/mol. The number of aliphatic carboxylic acids is 1. The highest BCUT2D eigenvalue weighted by Crippen LogP contribution is 2.17. The van der Waals surface area contributed by atoms with Crippen LogP contribution < -0.4 is 5.32 Å². The first kappa shape index (κ1) is 15.1. The molecule has 0 saturated carbocycles. The van der Waals surface area contributed by atoms with Crippen molar-refractivity contribution in [3.8, 4) is 5.69 Å². The van der Waals surface area contributed by atoms with Crippen LogP contribution in [0.4, 0.5) is 0 Å². The van der Waals surface area contributed by atoms with Crippen molar-refractivity contribution in [2.75, 3.05) is 0 Å². The molecule has 2 unspecified atom stereocenters. The molecule has 0 bridgehead atoms. The number of hydrogen-bond donors (Lipinski definition) is 2. The molecule has 1 aromatic heterocycles. The first-order valence-electron chi connectivity index (χ1n) is 6.94. The Morgan fingerprint density at radius 3 is 2.90 bits per heavy atom. The van der Waals surface area contributed by atoms with Gasteiger partial charge in [-0.1, -0.05) is 25.5 Å². The average molecular weight is 289 g/mol. The van der Waals surface area contributed by atoms with Gasteiger partial charge in [0.05, 0.1) is 5.69 Å². The summed E-state index contributed by atoms with van der Waals surface area (Å²) in [6.07, 6.45) is 2.95. The number of tetrazole rings is 1. The van der Waals surface area contributed by atoms with E-state index in [1.165, 1.54) is 6.33 Å². The van der Waals surface area contributed by atoms with Crippen molar-refractivity contribution in [3.63, 3.8) is 0 Å². The summed E-state index contributed by atoms with van der Waals surface area (Å²) in [5, 5.41) is 23.4. The van der Waals surface area contributed by atoms with Crippen molar-refractivity contribution >= 4 is 5.97 Å². The Hall–Kier alpha value is -2.28. The number of carboxylic acid groups (broad SMARTS) is 1. The average Bonchev–Trinajstić information content (AvgIpc) is 3.01. The summed E-state index contributed by atoms with van der Waals surface area (Å²) in [5.74, 6) is -0.819. The summed E-state index contributed by atoms with van der Waals surface area (Å²) >= 11 is 0. The lowest BCUT2D eigenvalue weighted by Crippen LogP contribution is -2.38. The number of carboxylic acids is 1. The normalized spacial score (nSPS) is 13.8. The van der Waals surface area contributed by atoms with Gasteiger partial charge in [-0.25, -0.2) is 4.68 Å². The molecule has 7 heteroatoms. The van der Waals surface area contributed by atoms with Gasteiger partial charge in [-0.3, -0.25) is 10.1 Å². The summed E-state index contributed by atoms with van der Waals surface area (Å²) < 4.78 is 1.57. The maximum Gasteiger partial charge on any atom is 0.320 e. The van der Waals surface area contributed by atoms with E-state index in [9.17, 15) is 9.90 Å². The summed E-state index contributed by atoms with van der Waals surface area (Å²) in [6, 6.07) is 7.08. The lowest BCUT2D eigenvalue weighted by molar-refractivity contribution is -0.139. The molecule has 0 aliphatic carbocycles. The molecule has 2 N–H and O–H groups in total. The Balaban J connectivity index is 2.14. The molecule has 2 atom stereocenters. The molecule has 0 amide bonds. The second kappa shape index (κ2) is 6.94. The van der Waals surface area contributed by atoms with Gasteiger partial charge in [0.1, 0.15) is 12.4 Å². The van der Waals surface area contributed by atoms with Crippen molar-refractivity contribution < 1.29 is 9.90 Å². The number of benzene rings is 1. The third kappa shape index (κ3) is 3.85. The van der Waals surface area contributed by atoms with Gasteiger partial charge >= 0.3 is 5.97 Å². The zero-order chi connectivity index (χ0) is 15.2. The highest BCUT2D eigenvalue weighted by molar-refractivity contribution is 5.73. The van der Waals surface area contributed by atoms with Crippen LogP contribution in [0.15, 0.2) is 30.6 Å². The third-order valence-corrected chi connectivity index (χ3v) is 3.31. The van der Waals surface area contributed by atoms with Gasteiger partial charge < -0.3 is 5.11 Å². The predicted molar refractivity (Wildman–Crippen MR) is 77.0 cm³/mol. The van der Waals surface area contributed by atoms with Crippen LogP contribution in [-0.4, -0.2) is 37.3 Å². The van der Waals surface area contributed by atoms with Gasteiger partial charge in [-0.2, -0.15) is 0 Å². The van der Waals surface area contributed by atoms with E-state index in [2.05, 4.69) is 20.8 Å². The first-order chi connectivity index (χ1) is 10.1. The zero-order valence-electron chi connectivity index (χ0n) is 12.1. The summed E-state index contributed by atoms with van der Waals surface area (Å²) in [6.45, 7) is 3.92. The van der Waals surface area contributed by atoms with Crippen LogP contribution >= 0.6 is 0 Å². The van der Waals surface area contributed by atoms with Gasteiger partial charge in [-0.05, 0) is 41.5 Å². The predicted octanol–water partition coefficient (Wildman–Crippen LogP) is 1.57. The number of rotatable bonds is 7. The second-order valence-electron chi connectivity index (χ2n) is 4.92. The molecule has 7 nitrogen and oxygen atoms in total. The molecule has 112 valence electrons. The summed E-state index contributed by atoms with van der Waals surface area (Å²) in [7, 11) is 0. The fraction of sp³-hybridized carbons (Fsp3) is 0.429. The van der Waals surface area contributed by atoms with Crippen LogP contribution in [0.2, 0.25) is 0 Å². The molecule has 0 aliphatic heterocycles. The molecule has 0 saturated heterocycles. The molecular weight excluding hydrogens is 270 g/mol. The quantitative estimate of drug-likeness (QED) is 0.803. The summed E-state index contributed by atoms with van der Waals surface area (Å²) in [4.78, 5) is 11.2. The van der Waals surface area contributed by atoms with Crippen LogP contribution in [0.5, 0.6) is 0 Å². The Morgan fingerprint density at radius 2 is 2.29 bits per heavy atom. The maximum atomic E-state index is 11.2. The topological polar surface area (TPSA) is 92.9 Å². The minimum absolute atomic E-state index is 0.0749. The fourth-order valence-electron chi connectivity index (χ4n) is 2.18. The fourth-order valence-corrected chi connectivity index (χ4v) is 2.18. The molecule has 2 aromatic rings. The first-order valence-corrected chi connectivity index (χ1v) is 6.94. The molecule has 21 heavy (non-hydrogen) atoms. The van der Waals surface area contributed by atoms with E-state index in [1.807, 2.05) is 38.1 Å². The van der Waals surface area contributed by atoms with E-state index in [4.69, 9.17) is 0 Å². The Bertz CT molecular complexity index is 585. The van der Waals surface area contributed by atoms with Crippen LogP contribution in [0, 0.1) is 0 Å². The number of aromatic nitrogens is 4. The Morgan fingerprint density at radius 1 is 1.48 bits per heavy atom. The van der Waals surface area contributed by atoms with Crippen LogP contribution in [0.25, 0.3) is 5.69 Å². The summed E-state index contributed by atoms with van der Waals surface area (Å²) in [5.41, 5.74) is 1.83. The van der Waals surface area contributed by atoms with E-state index in [0.29, 0.717) is 6.42 Å². The van der Waals surface area contributed by atoms with Gasteiger partial charge in [0.25, 0.3) is 0 Å². The Kier molecular flexibility index (Phi) is 4.99. The van der Waals surface area contributed by atoms with Gasteiger partial charge in [0, 0.05) is 6.04 Å². The van der Waals surface area contributed by atoms with Crippen LogP contribution in [0.3, 0.4) is 0 Å². The maximum absolute atomic E-state index is 11.2. The van der Waals surface area contributed by atoms with E-state index in [-0.39, 0.29) is 6.04 Å². The van der Waals surface area contributed by atoms with E-state index in [1.54, 1.807) is 4.68 Å². The second-order valence-corrected chi connectivity index (χ2v) is 4.92. The molecule has 0 radical (unpaired) electrons. The van der Waals surface area contributed by atoms with Crippen molar-refractivity contribution in [1.29, 1.82) is 0 Å². The van der Waals surface area contributed by atoms with Gasteiger partial charge in [0.2, 0.25) is 0 Å². The molecule has 2 rings (SSSR count). The number of nitrogens with zero attached hydrogens (tertiary/aromatic N) is 4. The van der Waals surface area contributed by atoms with Crippen molar-refractivity contribution in [1.82, 2.24) is 25.5 Å². The molecule has 0 spiro atoms. The minimum Gasteiger partial charge on any atom is -0.480 e. The molecular formula is C14H19N5O2. The highest BCUT2D eigenvalue weighted by Gasteiger charge is 2.19. The minimum atomic E-state index is -0.819. The molecule has 1 heterocycles. The number of carbonyl (C=O) groups is 1. The van der Waals surface area contributed by atoms with Crippen molar-refractivity contribution in [3.05, 3.63) is 36.2 Å². The highest BCUT2D eigenvalue weighted by atomic mass is 16.4. The van der Waals surface area contributed by atoms with E-state index in [0.717, 1.165) is 17.7 Å². The standard InChI is InChI=1S/C14H19N5O2/c1-3-5-13(14(20)21)16-10(2)11-6-4-7-12(8-11)19-9-15-17-18-19/h4,6-10,13,16H,3,5H2,1-2H3,(H,20,21). The van der Waals surface area contributed by atoms with Crippen molar-refractivity contribution in [2.24, 2.45) is 0 Å². The van der Waals surface area contributed by atoms with Crippen LogP contribution in [0.1, 0.15) is 38.3 Å². The van der Waals surface area contributed by atoms with Crippen molar-refractivity contribution in [2.45, 2.75) is 38.8 Å².